The number of hydrogen-bond donors (Lipinski definition) is 2. The van der Waals surface area contributed by atoms with E-state index < -0.39 is 5.97 Å². The number of carboxylic acid groups (broad SMARTS) is 1. The summed E-state index contributed by atoms with van der Waals surface area (Å²) in [7, 11) is 0. The fourth-order valence-corrected chi connectivity index (χ4v) is 3.93. The summed E-state index contributed by atoms with van der Waals surface area (Å²) in [5.41, 5.74) is 0.805. The molecule has 23 heavy (non-hydrogen) atoms. The Balaban J connectivity index is 1.74. The molecule has 120 valence electrons. The van der Waals surface area contributed by atoms with Gasteiger partial charge in [-0.1, -0.05) is 19.3 Å². The van der Waals surface area contributed by atoms with Crippen molar-refractivity contribution < 1.29 is 14.7 Å². The number of anilines is 1. The van der Waals surface area contributed by atoms with Gasteiger partial charge in [-0.25, -0.2) is 4.79 Å². The van der Waals surface area contributed by atoms with Crippen LogP contribution < -0.4 is 5.32 Å². The molecule has 1 amide bonds. The molecule has 0 unspecified atom stereocenters. The second-order valence-corrected chi connectivity index (χ2v) is 7.01. The minimum Gasteiger partial charge on any atom is -0.478 e. The number of thiophene rings is 1. The average Bonchev–Trinajstić information content (AvgIpc) is 2.96. The number of rotatable bonds is 4. The molecule has 1 aromatic carbocycles. The molecule has 1 aliphatic rings. The molecule has 1 aromatic heterocycles. The summed E-state index contributed by atoms with van der Waals surface area (Å²) < 4.78 is 1.07. The molecule has 5 heteroatoms. The maximum Gasteiger partial charge on any atom is 0.328 e. The molecule has 0 bridgehead atoms. The summed E-state index contributed by atoms with van der Waals surface area (Å²) in [4.78, 5) is 23.8. The fourth-order valence-electron chi connectivity index (χ4n) is 2.99. The predicted molar refractivity (Wildman–Crippen MR) is 93.7 cm³/mol. The molecule has 0 spiro atoms. The Kier molecular flexibility index (Phi) is 4.76. The van der Waals surface area contributed by atoms with Gasteiger partial charge in [0.1, 0.15) is 0 Å². The Morgan fingerprint density at radius 1 is 1.17 bits per heavy atom. The van der Waals surface area contributed by atoms with Crippen molar-refractivity contribution in [2.24, 2.45) is 5.92 Å². The first kappa shape index (κ1) is 15.7. The number of amides is 1. The lowest BCUT2D eigenvalue weighted by atomic mass is 9.88. The molecular formula is C18H19NO3S. The molecule has 0 saturated heterocycles. The van der Waals surface area contributed by atoms with Crippen molar-refractivity contribution in [2.75, 3.05) is 5.32 Å². The van der Waals surface area contributed by atoms with Gasteiger partial charge in [0.25, 0.3) is 0 Å². The zero-order valence-corrected chi connectivity index (χ0v) is 13.6. The van der Waals surface area contributed by atoms with E-state index in [1.54, 1.807) is 6.08 Å². The molecule has 1 fully saturated rings. The van der Waals surface area contributed by atoms with Crippen LogP contribution in [-0.2, 0) is 9.59 Å². The first-order valence-electron chi connectivity index (χ1n) is 7.87. The molecule has 2 N–H and O–H groups in total. The van der Waals surface area contributed by atoms with E-state index in [4.69, 9.17) is 5.11 Å². The van der Waals surface area contributed by atoms with E-state index in [-0.39, 0.29) is 11.8 Å². The van der Waals surface area contributed by atoms with Crippen LogP contribution >= 0.6 is 11.3 Å². The van der Waals surface area contributed by atoms with Gasteiger partial charge in [-0.2, -0.15) is 0 Å². The highest BCUT2D eigenvalue weighted by Gasteiger charge is 2.21. The molecule has 0 atom stereocenters. The fraction of sp³-hybridized carbons (Fsp3) is 0.333. The number of aliphatic carboxylic acids is 1. The molecule has 4 nitrogen and oxygen atoms in total. The van der Waals surface area contributed by atoms with Crippen LogP contribution in [0.5, 0.6) is 0 Å². The predicted octanol–water partition coefficient (Wildman–Crippen LogP) is 4.52. The van der Waals surface area contributed by atoms with Crippen LogP contribution in [0, 0.1) is 5.92 Å². The van der Waals surface area contributed by atoms with Crippen LogP contribution in [0.1, 0.15) is 37.0 Å². The number of carbonyl (C=O) groups is 2. The van der Waals surface area contributed by atoms with Gasteiger partial charge in [0.05, 0.1) is 0 Å². The number of carboxylic acids is 1. The number of nitrogens with one attached hydrogen (secondary N) is 1. The van der Waals surface area contributed by atoms with Crippen molar-refractivity contribution in [3.8, 4) is 0 Å². The Morgan fingerprint density at radius 2 is 1.96 bits per heavy atom. The molecule has 1 saturated carbocycles. The molecule has 3 rings (SSSR count). The highest BCUT2D eigenvalue weighted by atomic mass is 32.1. The van der Waals surface area contributed by atoms with Gasteiger partial charge in [0, 0.05) is 27.3 Å². The second kappa shape index (κ2) is 6.96. The normalized spacial score (nSPS) is 16.0. The average molecular weight is 329 g/mol. The second-order valence-electron chi connectivity index (χ2n) is 5.90. The molecular weight excluding hydrogens is 310 g/mol. The third kappa shape index (κ3) is 3.99. The molecule has 2 aromatic rings. The van der Waals surface area contributed by atoms with Crippen molar-refractivity contribution >= 4 is 45.1 Å². The first-order chi connectivity index (χ1) is 11.1. The lowest BCUT2D eigenvalue weighted by Crippen LogP contribution is -2.24. The number of benzene rings is 1. The highest BCUT2D eigenvalue weighted by Crippen LogP contribution is 2.30. The number of hydrogen-bond acceptors (Lipinski definition) is 3. The first-order valence-corrected chi connectivity index (χ1v) is 8.69. The largest absolute Gasteiger partial charge is 0.478 e. The number of fused-ring (bicyclic) bond motifs is 1. The standard InChI is InChI=1S/C18H19NO3S/c20-17(21)9-7-15-11-13-10-14(6-8-16(13)23-15)19-18(22)12-4-2-1-3-5-12/h6-12H,1-5H2,(H,19,22)(H,20,21)/b9-7+. The Hall–Kier alpha value is -2.14. The van der Waals surface area contributed by atoms with E-state index in [0.29, 0.717) is 0 Å². The van der Waals surface area contributed by atoms with E-state index in [1.807, 2.05) is 24.3 Å². The number of carbonyl (C=O) groups excluding carboxylic acids is 1. The van der Waals surface area contributed by atoms with Gasteiger partial charge in [0.2, 0.25) is 5.91 Å². The molecule has 1 heterocycles. The topological polar surface area (TPSA) is 66.4 Å². The van der Waals surface area contributed by atoms with E-state index in [0.717, 1.165) is 52.4 Å². The summed E-state index contributed by atoms with van der Waals surface area (Å²) in [6.07, 6.45) is 8.20. The van der Waals surface area contributed by atoms with Crippen LogP contribution in [0.25, 0.3) is 16.2 Å². The van der Waals surface area contributed by atoms with Crippen LogP contribution in [0.4, 0.5) is 5.69 Å². The quantitative estimate of drug-likeness (QED) is 0.811. The zero-order valence-electron chi connectivity index (χ0n) is 12.7. The van der Waals surface area contributed by atoms with Crippen LogP contribution in [0.15, 0.2) is 30.3 Å². The highest BCUT2D eigenvalue weighted by molar-refractivity contribution is 7.19. The lowest BCUT2D eigenvalue weighted by Gasteiger charge is -2.20. The van der Waals surface area contributed by atoms with E-state index >= 15 is 0 Å². The van der Waals surface area contributed by atoms with E-state index in [1.165, 1.54) is 17.8 Å². The Labute approximate surface area is 138 Å². The lowest BCUT2D eigenvalue weighted by molar-refractivity contribution is -0.131. The van der Waals surface area contributed by atoms with Crippen molar-refractivity contribution in [3.63, 3.8) is 0 Å². The summed E-state index contributed by atoms with van der Waals surface area (Å²) in [5.74, 6) is -0.704. The molecule has 1 aliphatic carbocycles. The van der Waals surface area contributed by atoms with Crippen molar-refractivity contribution in [1.29, 1.82) is 0 Å². The SMILES string of the molecule is O=C(O)/C=C/c1cc2cc(NC(=O)C3CCCCC3)ccc2s1. The maximum absolute atomic E-state index is 12.3. The zero-order chi connectivity index (χ0) is 16.2. The van der Waals surface area contributed by atoms with Gasteiger partial charge >= 0.3 is 5.97 Å². The van der Waals surface area contributed by atoms with Gasteiger partial charge in [-0.3, -0.25) is 4.79 Å². The minimum atomic E-state index is -0.956. The Bertz CT molecular complexity index is 757. The van der Waals surface area contributed by atoms with Crippen LogP contribution in [0.2, 0.25) is 0 Å². The summed E-state index contributed by atoms with van der Waals surface area (Å²) >= 11 is 1.53. The molecule has 0 aliphatic heterocycles. The van der Waals surface area contributed by atoms with Crippen molar-refractivity contribution in [3.05, 3.63) is 35.2 Å². The van der Waals surface area contributed by atoms with Gasteiger partial charge in [-0.05, 0) is 48.6 Å². The van der Waals surface area contributed by atoms with Crippen LogP contribution in [0.3, 0.4) is 0 Å². The summed E-state index contributed by atoms with van der Waals surface area (Å²) in [5, 5.41) is 12.7. The summed E-state index contributed by atoms with van der Waals surface area (Å²) in [6, 6.07) is 7.76. The van der Waals surface area contributed by atoms with Crippen LogP contribution in [-0.4, -0.2) is 17.0 Å². The third-order valence-corrected chi connectivity index (χ3v) is 5.25. The van der Waals surface area contributed by atoms with Gasteiger partial charge < -0.3 is 10.4 Å². The Morgan fingerprint density at radius 3 is 2.70 bits per heavy atom. The monoisotopic (exact) mass is 329 g/mol. The van der Waals surface area contributed by atoms with E-state index in [2.05, 4.69) is 5.32 Å². The molecule has 0 radical (unpaired) electrons. The minimum absolute atomic E-state index is 0.116. The van der Waals surface area contributed by atoms with Gasteiger partial charge in [-0.15, -0.1) is 11.3 Å². The van der Waals surface area contributed by atoms with Crippen molar-refractivity contribution in [1.82, 2.24) is 0 Å². The third-order valence-electron chi connectivity index (χ3n) is 4.17. The van der Waals surface area contributed by atoms with Gasteiger partial charge in [0.15, 0.2) is 0 Å². The van der Waals surface area contributed by atoms with E-state index in [9.17, 15) is 9.59 Å². The summed E-state index contributed by atoms with van der Waals surface area (Å²) in [6.45, 7) is 0. The van der Waals surface area contributed by atoms with Crippen molar-refractivity contribution in [2.45, 2.75) is 32.1 Å². The smallest absolute Gasteiger partial charge is 0.328 e. The maximum atomic E-state index is 12.3.